The van der Waals surface area contributed by atoms with Crippen molar-refractivity contribution in [3.05, 3.63) is 28.5 Å². The van der Waals surface area contributed by atoms with E-state index in [1.165, 1.54) is 11.4 Å². The van der Waals surface area contributed by atoms with Gasteiger partial charge in [-0.2, -0.15) is 13.2 Å². The molecule has 0 aliphatic rings. The Kier molecular flexibility index (Phi) is 3.33. The zero-order chi connectivity index (χ0) is 11.6. The molecule has 0 heterocycles. The molecule has 82 valence electrons. The van der Waals surface area contributed by atoms with Crippen LogP contribution in [0.3, 0.4) is 0 Å². The molecule has 1 amide bonds. The maximum atomic E-state index is 12.9. The highest BCUT2D eigenvalue weighted by atomic mass is 79.9. The Balaban J connectivity index is 2.90. The maximum absolute atomic E-state index is 12.9. The summed E-state index contributed by atoms with van der Waals surface area (Å²) >= 11 is 2.94. The summed E-state index contributed by atoms with van der Waals surface area (Å²) in [7, 11) is 0. The second kappa shape index (κ2) is 4.18. The molecule has 15 heavy (non-hydrogen) atoms. The monoisotopic (exact) mass is 285 g/mol. The van der Waals surface area contributed by atoms with E-state index in [9.17, 15) is 22.4 Å². The van der Waals surface area contributed by atoms with Crippen LogP contribution in [-0.2, 0) is 4.79 Å². The van der Waals surface area contributed by atoms with Crippen LogP contribution >= 0.6 is 15.9 Å². The number of nitrogens with one attached hydrogen (secondary N) is 1. The number of hydrogen-bond acceptors (Lipinski definition) is 1. The van der Waals surface area contributed by atoms with Gasteiger partial charge in [-0.25, -0.2) is 4.39 Å². The molecule has 1 aromatic carbocycles. The van der Waals surface area contributed by atoms with Crippen molar-refractivity contribution in [2.45, 2.75) is 6.18 Å². The fraction of sp³-hybridized carbons (Fsp3) is 0.125. The second-order valence-electron chi connectivity index (χ2n) is 2.58. The number of benzene rings is 1. The van der Waals surface area contributed by atoms with Gasteiger partial charge in [0.05, 0.1) is 5.69 Å². The first-order chi connectivity index (χ1) is 6.80. The Bertz CT molecular complexity index is 391. The van der Waals surface area contributed by atoms with E-state index in [1.807, 2.05) is 0 Å². The van der Waals surface area contributed by atoms with Crippen LogP contribution in [0.4, 0.5) is 23.2 Å². The summed E-state index contributed by atoms with van der Waals surface area (Å²) in [5, 5.41) is 1.42. The predicted molar refractivity (Wildman–Crippen MR) is 48.8 cm³/mol. The standard InChI is InChI=1S/C8H4BrF4NO/c9-4-1-2-5(10)6(3-4)14-7(15)8(11,12)13/h1-3H,(H,14,15). The largest absolute Gasteiger partial charge is 0.471 e. The third-order valence-corrected chi connectivity index (χ3v) is 1.93. The van der Waals surface area contributed by atoms with Crippen LogP contribution in [0, 0.1) is 5.82 Å². The molecule has 0 bridgehead atoms. The third kappa shape index (κ3) is 3.19. The van der Waals surface area contributed by atoms with Gasteiger partial charge >= 0.3 is 12.1 Å². The van der Waals surface area contributed by atoms with Gasteiger partial charge in [-0.1, -0.05) is 15.9 Å². The minimum Gasteiger partial charge on any atom is -0.316 e. The average molecular weight is 286 g/mol. The van der Waals surface area contributed by atoms with Crippen molar-refractivity contribution < 1.29 is 22.4 Å². The Morgan fingerprint density at radius 2 is 1.93 bits per heavy atom. The smallest absolute Gasteiger partial charge is 0.316 e. The molecule has 1 aromatic rings. The van der Waals surface area contributed by atoms with Crippen molar-refractivity contribution in [3.63, 3.8) is 0 Å². The molecule has 0 radical (unpaired) electrons. The Morgan fingerprint density at radius 3 is 2.47 bits per heavy atom. The van der Waals surface area contributed by atoms with Gasteiger partial charge < -0.3 is 5.32 Å². The summed E-state index contributed by atoms with van der Waals surface area (Å²) < 4.78 is 48.7. The summed E-state index contributed by atoms with van der Waals surface area (Å²) in [5.41, 5.74) is -0.522. The molecule has 0 atom stereocenters. The van der Waals surface area contributed by atoms with Crippen molar-refractivity contribution in [2.24, 2.45) is 0 Å². The highest BCUT2D eigenvalue weighted by Crippen LogP contribution is 2.23. The Hall–Kier alpha value is -1.11. The lowest BCUT2D eigenvalue weighted by molar-refractivity contribution is -0.167. The number of halogens is 5. The molecule has 0 aliphatic carbocycles. The Morgan fingerprint density at radius 1 is 1.33 bits per heavy atom. The molecule has 0 aliphatic heterocycles. The fourth-order valence-corrected chi connectivity index (χ4v) is 1.15. The number of hydrogen-bond donors (Lipinski definition) is 1. The molecule has 0 saturated carbocycles. The molecular weight excluding hydrogens is 282 g/mol. The summed E-state index contributed by atoms with van der Waals surface area (Å²) in [6.45, 7) is 0. The van der Waals surface area contributed by atoms with Gasteiger partial charge in [0.1, 0.15) is 5.82 Å². The van der Waals surface area contributed by atoms with E-state index >= 15 is 0 Å². The van der Waals surface area contributed by atoms with Gasteiger partial charge in [-0.15, -0.1) is 0 Å². The van der Waals surface area contributed by atoms with Crippen molar-refractivity contribution >= 4 is 27.5 Å². The lowest BCUT2D eigenvalue weighted by Gasteiger charge is -2.08. The molecule has 1 N–H and O–H groups in total. The van der Waals surface area contributed by atoms with E-state index in [2.05, 4.69) is 15.9 Å². The highest BCUT2D eigenvalue weighted by molar-refractivity contribution is 9.10. The van der Waals surface area contributed by atoms with Gasteiger partial charge in [0.25, 0.3) is 0 Å². The molecule has 1 rings (SSSR count). The lowest BCUT2D eigenvalue weighted by Crippen LogP contribution is -2.30. The van der Waals surface area contributed by atoms with Crippen LogP contribution < -0.4 is 5.32 Å². The van der Waals surface area contributed by atoms with Gasteiger partial charge in [0.15, 0.2) is 0 Å². The predicted octanol–water partition coefficient (Wildman–Crippen LogP) is 3.09. The van der Waals surface area contributed by atoms with E-state index in [0.717, 1.165) is 12.1 Å². The maximum Gasteiger partial charge on any atom is 0.471 e. The summed E-state index contributed by atoms with van der Waals surface area (Å²) in [4.78, 5) is 10.5. The van der Waals surface area contributed by atoms with Crippen LogP contribution in [0.25, 0.3) is 0 Å². The average Bonchev–Trinajstić information content (AvgIpc) is 2.09. The summed E-state index contributed by atoms with van der Waals surface area (Å²) in [6, 6.07) is 3.29. The van der Waals surface area contributed by atoms with Crippen LogP contribution in [-0.4, -0.2) is 12.1 Å². The van der Waals surface area contributed by atoms with Crippen LogP contribution in [0.2, 0.25) is 0 Å². The topological polar surface area (TPSA) is 29.1 Å². The number of carbonyl (C=O) groups excluding carboxylic acids is 1. The minimum atomic E-state index is -5.03. The van der Waals surface area contributed by atoms with Crippen molar-refractivity contribution in [1.29, 1.82) is 0 Å². The van der Waals surface area contributed by atoms with E-state index in [-0.39, 0.29) is 0 Å². The van der Waals surface area contributed by atoms with Crippen molar-refractivity contribution in [1.82, 2.24) is 0 Å². The molecule has 2 nitrogen and oxygen atoms in total. The van der Waals surface area contributed by atoms with Gasteiger partial charge in [-0.05, 0) is 18.2 Å². The highest BCUT2D eigenvalue weighted by Gasteiger charge is 2.39. The molecule has 0 saturated heterocycles. The Labute approximate surface area is 90.4 Å². The SMILES string of the molecule is O=C(Nc1cc(Br)ccc1F)C(F)(F)F. The molecule has 7 heteroatoms. The molecule has 0 unspecified atom stereocenters. The number of anilines is 1. The third-order valence-electron chi connectivity index (χ3n) is 1.43. The normalized spacial score (nSPS) is 11.3. The lowest BCUT2D eigenvalue weighted by atomic mass is 10.3. The number of alkyl halides is 3. The van der Waals surface area contributed by atoms with Crippen molar-refractivity contribution in [2.75, 3.05) is 5.32 Å². The first kappa shape index (κ1) is 12.0. The molecule has 0 spiro atoms. The van der Waals surface area contributed by atoms with E-state index in [4.69, 9.17) is 0 Å². The fourth-order valence-electron chi connectivity index (χ4n) is 0.786. The first-order valence-electron chi connectivity index (χ1n) is 3.64. The van der Waals surface area contributed by atoms with Crippen LogP contribution in [0.15, 0.2) is 22.7 Å². The van der Waals surface area contributed by atoms with Gasteiger partial charge in [0.2, 0.25) is 0 Å². The first-order valence-corrected chi connectivity index (χ1v) is 4.43. The molecule has 0 fully saturated rings. The van der Waals surface area contributed by atoms with Crippen LogP contribution in [0.5, 0.6) is 0 Å². The summed E-state index contributed by atoms with van der Waals surface area (Å²) in [6.07, 6.45) is -5.03. The molecular formula is C8H4BrF4NO. The van der Waals surface area contributed by atoms with E-state index in [0.29, 0.717) is 4.47 Å². The summed E-state index contributed by atoms with van der Waals surface area (Å²) in [5.74, 6) is -3.14. The molecule has 0 aromatic heterocycles. The quantitative estimate of drug-likeness (QED) is 0.790. The van der Waals surface area contributed by atoms with Gasteiger partial charge in [-0.3, -0.25) is 4.79 Å². The van der Waals surface area contributed by atoms with Gasteiger partial charge in [0, 0.05) is 4.47 Å². The minimum absolute atomic E-state index is 0.362. The number of rotatable bonds is 1. The second-order valence-corrected chi connectivity index (χ2v) is 3.49. The van der Waals surface area contributed by atoms with E-state index in [1.54, 1.807) is 0 Å². The van der Waals surface area contributed by atoms with Crippen LogP contribution in [0.1, 0.15) is 0 Å². The zero-order valence-corrected chi connectivity index (χ0v) is 8.62. The number of carbonyl (C=O) groups is 1. The zero-order valence-electron chi connectivity index (χ0n) is 7.03. The number of amides is 1. The van der Waals surface area contributed by atoms with Crippen molar-refractivity contribution in [3.8, 4) is 0 Å². The van der Waals surface area contributed by atoms with E-state index < -0.39 is 23.6 Å².